The van der Waals surface area contributed by atoms with Crippen molar-refractivity contribution in [2.24, 2.45) is 11.5 Å². The van der Waals surface area contributed by atoms with E-state index in [0.29, 0.717) is 0 Å². The van der Waals surface area contributed by atoms with Gasteiger partial charge in [-0.15, -0.1) is 0 Å². The molecule has 0 aliphatic heterocycles. The first-order valence-corrected chi connectivity index (χ1v) is 1.76. The van der Waals surface area contributed by atoms with Crippen molar-refractivity contribution in [3.05, 3.63) is 0 Å². The number of nitrogens with two attached hydrogens (primary N) is 2. The van der Waals surface area contributed by atoms with Gasteiger partial charge in [0, 0.05) is 23.4 Å². The van der Waals surface area contributed by atoms with Crippen molar-refractivity contribution >= 4 is 11.9 Å². The molecule has 0 radical (unpaired) electrons. The Morgan fingerprint density at radius 1 is 1.56 bits per heavy atom. The van der Waals surface area contributed by atoms with Crippen LogP contribution in [0.25, 0.3) is 0 Å². The Balaban J connectivity index is -0.0000000720. The summed E-state index contributed by atoms with van der Waals surface area (Å²) in [5.41, 5.74) is 8.94. The molecule has 0 aromatic heterocycles. The van der Waals surface area contributed by atoms with Gasteiger partial charge in [-0.1, -0.05) is 0 Å². The number of hydrogen-bond donors (Lipinski definition) is 4. The van der Waals surface area contributed by atoms with E-state index in [2.05, 4.69) is 11.5 Å². The van der Waals surface area contributed by atoms with E-state index in [1.54, 1.807) is 0 Å². The van der Waals surface area contributed by atoms with E-state index in [4.69, 9.17) is 15.3 Å². The SMILES string of the molecule is CC(=O)O.N=C(N)N.[Ni]. The van der Waals surface area contributed by atoms with Crippen LogP contribution in [0.2, 0.25) is 0 Å². The van der Waals surface area contributed by atoms with Gasteiger partial charge in [0.1, 0.15) is 0 Å². The van der Waals surface area contributed by atoms with Crippen LogP contribution in [0, 0.1) is 5.41 Å². The Morgan fingerprint density at radius 2 is 1.56 bits per heavy atom. The van der Waals surface area contributed by atoms with Crippen LogP contribution in [0.4, 0.5) is 0 Å². The maximum atomic E-state index is 9.00. The molecule has 58 valence electrons. The first kappa shape index (κ1) is 15.7. The van der Waals surface area contributed by atoms with Crippen LogP contribution in [0.5, 0.6) is 0 Å². The molecule has 0 atom stereocenters. The first-order valence-electron chi connectivity index (χ1n) is 1.76. The largest absolute Gasteiger partial charge is 0.481 e. The molecule has 6 N–H and O–H groups in total. The topological polar surface area (TPSA) is 113 Å². The summed E-state index contributed by atoms with van der Waals surface area (Å²) in [6, 6.07) is 0. The molecule has 0 spiro atoms. The Bertz CT molecular complexity index is 75.1. The number of aliphatic carboxylic acids is 1. The zero-order chi connectivity index (χ0) is 7.15. The van der Waals surface area contributed by atoms with Crippen LogP contribution >= 0.6 is 0 Å². The van der Waals surface area contributed by atoms with Gasteiger partial charge in [0.05, 0.1) is 0 Å². The van der Waals surface area contributed by atoms with E-state index in [0.717, 1.165) is 6.92 Å². The average Bonchev–Trinajstić information content (AvgIpc) is 1.25. The number of hydrogen-bond acceptors (Lipinski definition) is 2. The summed E-state index contributed by atoms with van der Waals surface area (Å²) in [4.78, 5) is 9.00. The molecule has 0 rings (SSSR count). The van der Waals surface area contributed by atoms with E-state index in [-0.39, 0.29) is 22.5 Å². The van der Waals surface area contributed by atoms with Crippen LogP contribution in [-0.4, -0.2) is 17.0 Å². The van der Waals surface area contributed by atoms with Crippen molar-refractivity contribution in [3.63, 3.8) is 0 Å². The molecule has 0 bridgehead atoms. The minimum absolute atomic E-state index is 0. The second-order valence-electron chi connectivity index (χ2n) is 0.974. The van der Waals surface area contributed by atoms with Crippen molar-refractivity contribution in [1.82, 2.24) is 0 Å². The van der Waals surface area contributed by atoms with Crippen molar-refractivity contribution in [2.45, 2.75) is 6.92 Å². The third kappa shape index (κ3) is 337. The zero-order valence-corrected chi connectivity index (χ0v) is 5.81. The second kappa shape index (κ2) is 10.3. The minimum Gasteiger partial charge on any atom is -0.481 e. The molecule has 0 saturated carbocycles. The van der Waals surface area contributed by atoms with E-state index < -0.39 is 5.97 Å². The number of guanidine groups is 1. The summed E-state index contributed by atoms with van der Waals surface area (Å²) >= 11 is 0. The molecule has 9 heavy (non-hydrogen) atoms. The molecule has 6 heteroatoms. The summed E-state index contributed by atoms with van der Waals surface area (Å²) < 4.78 is 0. The van der Waals surface area contributed by atoms with Crippen molar-refractivity contribution in [3.8, 4) is 0 Å². The van der Waals surface area contributed by atoms with Gasteiger partial charge in [-0.3, -0.25) is 10.2 Å². The quantitative estimate of drug-likeness (QED) is 0.214. The maximum Gasteiger partial charge on any atom is 0.300 e. The minimum atomic E-state index is -0.833. The fraction of sp³-hybridized carbons (Fsp3) is 0.333. The summed E-state index contributed by atoms with van der Waals surface area (Å²) in [5, 5.41) is 13.5. The van der Waals surface area contributed by atoms with Gasteiger partial charge in [-0.2, -0.15) is 0 Å². The molecule has 0 amide bonds. The van der Waals surface area contributed by atoms with Crippen LogP contribution in [0.3, 0.4) is 0 Å². The van der Waals surface area contributed by atoms with Gasteiger partial charge in [0.2, 0.25) is 0 Å². The molecular weight excluding hydrogens is 169 g/mol. The molecule has 0 fully saturated rings. The predicted octanol–water partition coefficient (Wildman–Crippen LogP) is -1.07. The molecule has 0 aromatic carbocycles. The molecule has 0 aliphatic carbocycles. The molecule has 0 heterocycles. The van der Waals surface area contributed by atoms with Crippen molar-refractivity contribution in [2.75, 3.05) is 0 Å². The molecule has 0 saturated heterocycles. The van der Waals surface area contributed by atoms with Crippen LogP contribution in [-0.2, 0) is 21.3 Å². The number of carboxylic acid groups (broad SMARTS) is 1. The van der Waals surface area contributed by atoms with Crippen molar-refractivity contribution < 1.29 is 26.4 Å². The van der Waals surface area contributed by atoms with Gasteiger partial charge in [-0.25, -0.2) is 0 Å². The Hall–Kier alpha value is -0.766. The Morgan fingerprint density at radius 3 is 1.56 bits per heavy atom. The maximum absolute atomic E-state index is 9.00. The summed E-state index contributed by atoms with van der Waals surface area (Å²) in [6.07, 6.45) is 0. The second-order valence-corrected chi connectivity index (χ2v) is 0.974. The van der Waals surface area contributed by atoms with Crippen molar-refractivity contribution in [1.29, 1.82) is 5.41 Å². The molecule has 0 aromatic rings. The molecule has 0 unspecified atom stereocenters. The summed E-state index contributed by atoms with van der Waals surface area (Å²) in [6.45, 7) is 1.08. The van der Waals surface area contributed by atoms with Gasteiger partial charge in [0.15, 0.2) is 5.96 Å². The normalized spacial score (nSPS) is 5.44. The summed E-state index contributed by atoms with van der Waals surface area (Å²) in [7, 11) is 0. The summed E-state index contributed by atoms with van der Waals surface area (Å²) in [5.74, 6) is -1.17. The van der Waals surface area contributed by atoms with E-state index in [1.807, 2.05) is 0 Å². The molecule has 5 nitrogen and oxygen atoms in total. The third-order valence-electron chi connectivity index (χ3n) is 0. The van der Waals surface area contributed by atoms with Crippen LogP contribution in [0.1, 0.15) is 6.92 Å². The Labute approximate surface area is 62.8 Å². The monoisotopic (exact) mass is 177 g/mol. The molecule has 0 aliphatic rings. The van der Waals surface area contributed by atoms with Crippen LogP contribution < -0.4 is 11.5 Å². The van der Waals surface area contributed by atoms with Gasteiger partial charge in [0.25, 0.3) is 5.97 Å². The van der Waals surface area contributed by atoms with Crippen LogP contribution in [0.15, 0.2) is 0 Å². The number of carbonyl (C=O) groups is 1. The fourth-order valence-electron chi connectivity index (χ4n) is 0. The van der Waals surface area contributed by atoms with Gasteiger partial charge >= 0.3 is 0 Å². The van der Waals surface area contributed by atoms with E-state index in [1.165, 1.54) is 0 Å². The van der Waals surface area contributed by atoms with E-state index in [9.17, 15) is 0 Å². The number of nitrogens with one attached hydrogen (secondary N) is 1. The van der Waals surface area contributed by atoms with Gasteiger partial charge < -0.3 is 16.6 Å². The fourth-order valence-corrected chi connectivity index (χ4v) is 0. The first-order chi connectivity index (χ1) is 3.46. The van der Waals surface area contributed by atoms with E-state index >= 15 is 0 Å². The Kier molecular flexibility index (Phi) is 17.9. The smallest absolute Gasteiger partial charge is 0.300 e. The number of carboxylic acids is 1. The molecular formula is C3H9N3NiO2. The number of rotatable bonds is 0. The van der Waals surface area contributed by atoms with Gasteiger partial charge in [-0.05, 0) is 0 Å². The zero-order valence-electron chi connectivity index (χ0n) is 4.83. The predicted molar refractivity (Wildman–Crippen MR) is 29.4 cm³/mol. The third-order valence-corrected chi connectivity index (χ3v) is 0. The average molecular weight is 178 g/mol. The standard InChI is InChI=1S/C2H4O2.CH5N3.Ni/c1-2(3)4;2-1(3)4;/h1H3,(H,3,4);(H5,2,3,4);.